The van der Waals surface area contributed by atoms with Crippen LogP contribution in [-0.2, 0) is 16.4 Å². The Bertz CT molecular complexity index is 911. The Labute approximate surface area is 160 Å². The maximum atomic E-state index is 15.2. The van der Waals surface area contributed by atoms with Crippen LogP contribution in [0.25, 0.3) is 11.1 Å². The maximum absolute atomic E-state index is 15.2. The van der Waals surface area contributed by atoms with Crippen molar-refractivity contribution in [3.05, 3.63) is 59.9 Å². The first-order valence-electron chi connectivity index (χ1n) is 9.55. The van der Waals surface area contributed by atoms with Gasteiger partial charge in [-0.15, -0.1) is 0 Å². The van der Waals surface area contributed by atoms with Crippen molar-refractivity contribution in [2.45, 2.75) is 44.3 Å². The van der Waals surface area contributed by atoms with Gasteiger partial charge in [0.1, 0.15) is 5.82 Å². The number of sulfonamides is 1. The highest BCUT2D eigenvalue weighted by molar-refractivity contribution is 7.89. The second-order valence-electron chi connectivity index (χ2n) is 7.60. The lowest BCUT2D eigenvalue weighted by Crippen LogP contribution is -2.68. The van der Waals surface area contributed by atoms with E-state index < -0.39 is 10.0 Å². The van der Waals surface area contributed by atoms with Crippen LogP contribution in [0.5, 0.6) is 0 Å². The third kappa shape index (κ3) is 3.79. The van der Waals surface area contributed by atoms with Crippen molar-refractivity contribution in [1.82, 2.24) is 10.0 Å². The lowest BCUT2D eigenvalue weighted by molar-refractivity contribution is 0.0809. The molecule has 0 unspecified atom stereocenters. The molecular weight excluding hydrogens is 363 g/mol. The summed E-state index contributed by atoms with van der Waals surface area (Å²) in [5, 5.41) is 3.52. The van der Waals surface area contributed by atoms with E-state index in [1.807, 2.05) is 36.4 Å². The molecule has 144 valence electrons. The molecule has 2 bridgehead atoms. The number of rotatable bonds is 6. The lowest BCUT2D eigenvalue weighted by atomic mass is 9.68. The summed E-state index contributed by atoms with van der Waals surface area (Å²) in [6.07, 6.45) is 2.44. The average molecular weight is 389 g/mol. The van der Waals surface area contributed by atoms with Crippen molar-refractivity contribution in [3.8, 4) is 11.1 Å². The Hall–Kier alpha value is -1.76. The van der Waals surface area contributed by atoms with Gasteiger partial charge in [-0.25, -0.2) is 17.5 Å². The molecule has 5 rings (SSSR count). The van der Waals surface area contributed by atoms with E-state index in [1.165, 1.54) is 0 Å². The van der Waals surface area contributed by atoms with Crippen LogP contribution in [0.4, 0.5) is 4.39 Å². The predicted octanol–water partition coefficient (Wildman–Crippen LogP) is 3.09. The van der Waals surface area contributed by atoms with E-state index in [9.17, 15) is 8.42 Å². The standard InChI is InChI=1S/C21H25FN2O2S/c1-2-27(25,26)24-21-16-11-17(12-16)23-19(21)13-15-9-6-10-18(20(15)22)14-7-4-3-5-8-14/h3-10,16-17,19,21,23-24H,2,11-13H2,1H3/t16?,17?,19-,21-/m0/s1. The van der Waals surface area contributed by atoms with Gasteiger partial charge in [0.2, 0.25) is 10.0 Å². The molecule has 1 aliphatic carbocycles. The molecule has 27 heavy (non-hydrogen) atoms. The number of halogens is 1. The minimum atomic E-state index is -3.30. The zero-order valence-corrected chi connectivity index (χ0v) is 16.2. The van der Waals surface area contributed by atoms with Crippen LogP contribution in [0.1, 0.15) is 25.3 Å². The summed E-state index contributed by atoms with van der Waals surface area (Å²) in [4.78, 5) is 0. The van der Waals surface area contributed by atoms with Gasteiger partial charge >= 0.3 is 0 Å². The summed E-state index contributed by atoms with van der Waals surface area (Å²) in [6.45, 7) is 1.64. The summed E-state index contributed by atoms with van der Waals surface area (Å²) in [7, 11) is -3.30. The molecule has 2 heterocycles. The molecule has 6 heteroatoms. The number of fused-ring (bicyclic) bond motifs is 2. The zero-order valence-electron chi connectivity index (χ0n) is 15.4. The second kappa shape index (κ2) is 7.34. The lowest BCUT2D eigenvalue weighted by Gasteiger charge is -2.52. The van der Waals surface area contributed by atoms with E-state index in [4.69, 9.17) is 0 Å². The summed E-state index contributed by atoms with van der Waals surface area (Å²) in [5.74, 6) is 0.175. The Kier molecular flexibility index (Phi) is 5.05. The minimum Gasteiger partial charge on any atom is -0.309 e. The highest BCUT2D eigenvalue weighted by Crippen LogP contribution is 2.38. The normalized spacial score (nSPS) is 27.2. The molecular formula is C21H25FN2O2S. The SMILES string of the molecule is CCS(=O)(=O)N[C@H]1C2CC(C2)N[C@H]1Cc1cccc(-c2ccccc2)c1F. The number of benzene rings is 2. The Morgan fingerprint density at radius 3 is 2.56 bits per heavy atom. The molecule has 4 nitrogen and oxygen atoms in total. The number of hydrogen-bond acceptors (Lipinski definition) is 3. The van der Waals surface area contributed by atoms with Gasteiger partial charge in [-0.05, 0) is 43.2 Å². The molecule has 0 aromatic heterocycles. The minimum absolute atomic E-state index is 0.0597. The van der Waals surface area contributed by atoms with Gasteiger partial charge in [-0.2, -0.15) is 0 Å². The fourth-order valence-corrected chi connectivity index (χ4v) is 5.23. The largest absolute Gasteiger partial charge is 0.309 e. The van der Waals surface area contributed by atoms with Gasteiger partial charge in [0.15, 0.2) is 0 Å². The van der Waals surface area contributed by atoms with Gasteiger partial charge in [0, 0.05) is 23.7 Å². The third-order valence-corrected chi connectivity index (χ3v) is 7.26. The third-order valence-electron chi connectivity index (χ3n) is 5.86. The average Bonchev–Trinajstić information content (AvgIpc) is 2.64. The molecule has 3 aliphatic rings. The number of hydrogen-bond donors (Lipinski definition) is 2. The predicted molar refractivity (Wildman–Crippen MR) is 105 cm³/mol. The van der Waals surface area contributed by atoms with E-state index in [0.29, 0.717) is 29.5 Å². The fraction of sp³-hybridized carbons (Fsp3) is 0.429. The topological polar surface area (TPSA) is 58.2 Å². The van der Waals surface area contributed by atoms with Crippen molar-refractivity contribution in [1.29, 1.82) is 0 Å². The summed E-state index contributed by atoms with van der Waals surface area (Å²) < 4.78 is 42.3. The van der Waals surface area contributed by atoms with Crippen LogP contribution < -0.4 is 10.0 Å². The first-order chi connectivity index (χ1) is 13.0. The molecule has 2 atom stereocenters. The van der Waals surface area contributed by atoms with E-state index in [-0.39, 0.29) is 23.7 Å². The van der Waals surface area contributed by atoms with Gasteiger partial charge in [0.25, 0.3) is 0 Å². The van der Waals surface area contributed by atoms with Crippen molar-refractivity contribution in [3.63, 3.8) is 0 Å². The molecule has 2 aromatic carbocycles. The maximum Gasteiger partial charge on any atom is 0.211 e. The van der Waals surface area contributed by atoms with Crippen molar-refractivity contribution in [2.75, 3.05) is 5.75 Å². The Balaban J connectivity index is 1.59. The Morgan fingerprint density at radius 1 is 1.11 bits per heavy atom. The van der Waals surface area contributed by atoms with Crippen LogP contribution in [0.2, 0.25) is 0 Å². The summed E-state index contributed by atoms with van der Waals surface area (Å²) in [5.41, 5.74) is 2.05. The van der Waals surface area contributed by atoms with Gasteiger partial charge in [-0.1, -0.05) is 48.5 Å². The van der Waals surface area contributed by atoms with Crippen LogP contribution in [0.3, 0.4) is 0 Å². The fourth-order valence-electron chi connectivity index (χ4n) is 4.30. The van der Waals surface area contributed by atoms with E-state index in [1.54, 1.807) is 19.1 Å². The summed E-state index contributed by atoms with van der Waals surface area (Å²) >= 11 is 0. The molecule has 0 amide bonds. The van der Waals surface area contributed by atoms with Gasteiger partial charge in [0.05, 0.1) is 5.75 Å². The van der Waals surface area contributed by atoms with Crippen molar-refractivity contribution < 1.29 is 12.8 Å². The van der Waals surface area contributed by atoms with Gasteiger partial charge < -0.3 is 5.32 Å². The molecule has 2 saturated heterocycles. The molecule has 2 aromatic rings. The Morgan fingerprint density at radius 2 is 1.85 bits per heavy atom. The smallest absolute Gasteiger partial charge is 0.211 e. The van der Waals surface area contributed by atoms with Crippen LogP contribution in [0.15, 0.2) is 48.5 Å². The molecule has 1 saturated carbocycles. The van der Waals surface area contributed by atoms with E-state index >= 15 is 4.39 Å². The molecule has 2 N–H and O–H groups in total. The van der Waals surface area contributed by atoms with E-state index in [0.717, 1.165) is 18.4 Å². The summed E-state index contributed by atoms with van der Waals surface area (Å²) in [6, 6.07) is 15.1. The van der Waals surface area contributed by atoms with Crippen molar-refractivity contribution >= 4 is 10.0 Å². The van der Waals surface area contributed by atoms with Crippen molar-refractivity contribution in [2.24, 2.45) is 5.92 Å². The van der Waals surface area contributed by atoms with E-state index in [2.05, 4.69) is 10.0 Å². The first kappa shape index (κ1) is 18.6. The number of piperidine rings is 2. The highest BCUT2D eigenvalue weighted by atomic mass is 32.2. The zero-order chi connectivity index (χ0) is 19.0. The number of nitrogens with one attached hydrogen (secondary N) is 2. The van der Waals surface area contributed by atoms with Crippen LogP contribution in [0, 0.1) is 11.7 Å². The van der Waals surface area contributed by atoms with Crippen LogP contribution in [-0.4, -0.2) is 32.3 Å². The first-order valence-corrected chi connectivity index (χ1v) is 11.2. The highest BCUT2D eigenvalue weighted by Gasteiger charge is 2.46. The monoisotopic (exact) mass is 388 g/mol. The quantitative estimate of drug-likeness (QED) is 0.800. The molecule has 0 radical (unpaired) electrons. The molecule has 0 spiro atoms. The molecule has 3 fully saturated rings. The second-order valence-corrected chi connectivity index (χ2v) is 9.64. The van der Waals surface area contributed by atoms with Crippen LogP contribution >= 0.6 is 0 Å². The molecule has 2 aliphatic heterocycles. The van der Waals surface area contributed by atoms with Gasteiger partial charge in [-0.3, -0.25) is 0 Å².